The molecule has 0 saturated heterocycles. The van der Waals surface area contributed by atoms with E-state index in [1.54, 1.807) is 22.9 Å². The molecule has 4 nitrogen and oxygen atoms in total. The van der Waals surface area contributed by atoms with Crippen LogP contribution in [0, 0.1) is 0 Å². The molecular weight excluding hydrogens is 288 g/mol. The van der Waals surface area contributed by atoms with E-state index in [1.165, 1.54) is 6.07 Å². The molecule has 0 aliphatic carbocycles. The minimum atomic E-state index is -0.0268. The molecule has 0 bridgehead atoms. The Hall–Kier alpha value is -1.78. The zero-order valence-electron chi connectivity index (χ0n) is 12.2. The molecule has 0 radical (unpaired) electrons. The number of ether oxygens (including phenoxy) is 1. The highest BCUT2D eigenvalue weighted by Gasteiger charge is 2.11. The monoisotopic (exact) mass is 306 g/mol. The summed E-state index contributed by atoms with van der Waals surface area (Å²) in [4.78, 5) is 11.6. The van der Waals surface area contributed by atoms with E-state index >= 15 is 0 Å². The van der Waals surface area contributed by atoms with Crippen LogP contribution in [0.3, 0.4) is 0 Å². The second-order valence-corrected chi connectivity index (χ2v) is 5.21. The van der Waals surface area contributed by atoms with Crippen molar-refractivity contribution in [2.45, 2.75) is 19.5 Å². The number of hydrogen-bond acceptors (Lipinski definition) is 3. The predicted molar refractivity (Wildman–Crippen MR) is 85.1 cm³/mol. The van der Waals surface area contributed by atoms with E-state index in [0.717, 1.165) is 11.3 Å². The van der Waals surface area contributed by atoms with Crippen LogP contribution in [0.15, 0.2) is 47.4 Å². The Labute approximate surface area is 129 Å². The second kappa shape index (κ2) is 7.29. The summed E-state index contributed by atoms with van der Waals surface area (Å²) in [5, 5.41) is 3.85. The molecule has 1 N–H and O–H groups in total. The maximum Gasteiger partial charge on any atom is 0.250 e. The number of aromatic nitrogens is 1. The van der Waals surface area contributed by atoms with Gasteiger partial charge in [0.05, 0.1) is 6.54 Å². The van der Waals surface area contributed by atoms with Crippen LogP contribution in [0.5, 0.6) is 5.75 Å². The molecule has 1 aromatic heterocycles. The Kier molecular flexibility index (Phi) is 5.42. The van der Waals surface area contributed by atoms with Gasteiger partial charge in [0.2, 0.25) is 0 Å². The fourth-order valence-corrected chi connectivity index (χ4v) is 2.22. The Morgan fingerprint density at radius 2 is 2.14 bits per heavy atom. The number of hydrogen-bond donors (Lipinski definition) is 1. The number of benzene rings is 1. The van der Waals surface area contributed by atoms with Crippen molar-refractivity contribution in [3.05, 3.63) is 63.5 Å². The molecule has 0 aliphatic heterocycles. The smallest absolute Gasteiger partial charge is 0.250 e. The first-order valence-electron chi connectivity index (χ1n) is 6.87. The molecule has 1 atom stereocenters. The van der Waals surface area contributed by atoms with E-state index in [4.69, 9.17) is 16.3 Å². The first kappa shape index (κ1) is 15.6. The van der Waals surface area contributed by atoms with Crippen molar-refractivity contribution in [3.8, 4) is 5.75 Å². The van der Waals surface area contributed by atoms with E-state index in [9.17, 15) is 4.79 Å². The largest absolute Gasteiger partial charge is 0.491 e. The highest BCUT2D eigenvalue weighted by Crippen LogP contribution is 2.28. The normalized spacial score (nSPS) is 12.1. The summed E-state index contributed by atoms with van der Waals surface area (Å²) in [5.74, 6) is 0.783. The zero-order valence-corrected chi connectivity index (χ0v) is 12.9. The van der Waals surface area contributed by atoms with E-state index in [-0.39, 0.29) is 11.6 Å². The lowest BCUT2D eigenvalue weighted by atomic mass is 10.1. The predicted octanol–water partition coefficient (Wildman–Crippen LogP) is 2.86. The van der Waals surface area contributed by atoms with Crippen LogP contribution in [0.25, 0.3) is 0 Å². The standard InChI is InChI=1S/C16H19ClN2O2/c1-12(18-2)14-11-13(17)6-7-15(14)21-10-9-19-8-4-3-5-16(19)20/h3-8,11-12,18H,9-10H2,1-2H3. The number of pyridine rings is 1. The molecule has 0 fully saturated rings. The maximum absolute atomic E-state index is 11.6. The van der Waals surface area contributed by atoms with Gasteiger partial charge < -0.3 is 14.6 Å². The van der Waals surface area contributed by atoms with Gasteiger partial charge in [-0.1, -0.05) is 17.7 Å². The minimum absolute atomic E-state index is 0.0268. The van der Waals surface area contributed by atoms with E-state index < -0.39 is 0 Å². The molecule has 5 heteroatoms. The van der Waals surface area contributed by atoms with Crippen LogP contribution in [-0.4, -0.2) is 18.2 Å². The molecule has 1 unspecified atom stereocenters. The molecular formula is C16H19ClN2O2. The van der Waals surface area contributed by atoms with Crippen molar-refractivity contribution in [1.29, 1.82) is 0 Å². The Bertz CT molecular complexity index is 655. The fourth-order valence-electron chi connectivity index (χ4n) is 2.04. The van der Waals surface area contributed by atoms with Crippen LogP contribution in [-0.2, 0) is 6.54 Å². The van der Waals surface area contributed by atoms with Gasteiger partial charge in [-0.05, 0) is 38.2 Å². The highest BCUT2D eigenvalue weighted by atomic mass is 35.5. The molecule has 1 aromatic carbocycles. The third-order valence-corrected chi connectivity index (χ3v) is 3.60. The Morgan fingerprint density at radius 1 is 1.33 bits per heavy atom. The molecule has 0 amide bonds. The van der Waals surface area contributed by atoms with E-state index in [0.29, 0.717) is 18.2 Å². The van der Waals surface area contributed by atoms with Crippen LogP contribution in [0.2, 0.25) is 5.02 Å². The van der Waals surface area contributed by atoms with Gasteiger partial charge in [0.15, 0.2) is 0 Å². The quantitative estimate of drug-likeness (QED) is 0.892. The second-order valence-electron chi connectivity index (χ2n) is 4.77. The van der Waals surface area contributed by atoms with Crippen molar-refractivity contribution in [2.24, 2.45) is 0 Å². The third kappa shape index (κ3) is 4.09. The van der Waals surface area contributed by atoms with Gasteiger partial charge in [0, 0.05) is 28.9 Å². The summed E-state index contributed by atoms with van der Waals surface area (Å²) in [6, 6.07) is 10.8. The average molecular weight is 307 g/mol. The van der Waals surface area contributed by atoms with Crippen LogP contribution in [0.4, 0.5) is 0 Å². The molecule has 2 rings (SSSR count). The van der Waals surface area contributed by atoms with Gasteiger partial charge in [-0.15, -0.1) is 0 Å². The van der Waals surface area contributed by atoms with Gasteiger partial charge in [0.25, 0.3) is 5.56 Å². The molecule has 1 heterocycles. The van der Waals surface area contributed by atoms with Crippen LogP contribution < -0.4 is 15.6 Å². The molecule has 21 heavy (non-hydrogen) atoms. The fraction of sp³-hybridized carbons (Fsp3) is 0.312. The lowest BCUT2D eigenvalue weighted by Crippen LogP contribution is -2.21. The molecule has 0 saturated carbocycles. The van der Waals surface area contributed by atoms with E-state index in [1.807, 2.05) is 32.2 Å². The number of nitrogens with zero attached hydrogens (tertiary/aromatic N) is 1. The molecule has 0 aliphatic rings. The van der Waals surface area contributed by atoms with Crippen molar-refractivity contribution < 1.29 is 4.74 Å². The molecule has 0 spiro atoms. The lowest BCUT2D eigenvalue weighted by Gasteiger charge is -2.17. The zero-order chi connectivity index (χ0) is 15.2. The summed E-state index contributed by atoms with van der Waals surface area (Å²) >= 11 is 6.04. The van der Waals surface area contributed by atoms with Crippen LogP contribution in [0.1, 0.15) is 18.5 Å². The Morgan fingerprint density at radius 3 is 2.86 bits per heavy atom. The van der Waals surface area contributed by atoms with Gasteiger partial charge in [0.1, 0.15) is 12.4 Å². The maximum atomic E-state index is 11.6. The van der Waals surface area contributed by atoms with Gasteiger partial charge in [-0.2, -0.15) is 0 Å². The van der Waals surface area contributed by atoms with Crippen molar-refractivity contribution in [1.82, 2.24) is 9.88 Å². The number of halogens is 1. The summed E-state index contributed by atoms with van der Waals surface area (Å²) in [6.07, 6.45) is 1.75. The summed E-state index contributed by atoms with van der Waals surface area (Å²) < 4.78 is 7.44. The molecule has 2 aromatic rings. The number of nitrogens with one attached hydrogen (secondary N) is 1. The van der Waals surface area contributed by atoms with Crippen molar-refractivity contribution >= 4 is 11.6 Å². The first-order valence-corrected chi connectivity index (χ1v) is 7.24. The topological polar surface area (TPSA) is 43.3 Å². The minimum Gasteiger partial charge on any atom is -0.491 e. The van der Waals surface area contributed by atoms with Crippen molar-refractivity contribution in [3.63, 3.8) is 0 Å². The average Bonchev–Trinajstić information content (AvgIpc) is 2.49. The first-order chi connectivity index (χ1) is 10.1. The summed E-state index contributed by atoms with van der Waals surface area (Å²) in [5.41, 5.74) is 0.978. The van der Waals surface area contributed by atoms with Crippen LogP contribution >= 0.6 is 11.6 Å². The lowest BCUT2D eigenvalue weighted by molar-refractivity contribution is 0.291. The Balaban J connectivity index is 2.06. The van der Waals surface area contributed by atoms with Gasteiger partial charge in [-0.25, -0.2) is 0 Å². The van der Waals surface area contributed by atoms with Crippen molar-refractivity contribution in [2.75, 3.05) is 13.7 Å². The SMILES string of the molecule is CNC(C)c1cc(Cl)ccc1OCCn1ccccc1=O. The van der Waals surface area contributed by atoms with Gasteiger partial charge >= 0.3 is 0 Å². The van der Waals surface area contributed by atoms with E-state index in [2.05, 4.69) is 5.32 Å². The molecule has 112 valence electrons. The summed E-state index contributed by atoms with van der Waals surface area (Å²) in [6.45, 7) is 2.98. The van der Waals surface area contributed by atoms with Gasteiger partial charge in [-0.3, -0.25) is 4.79 Å². The summed E-state index contributed by atoms with van der Waals surface area (Å²) in [7, 11) is 1.89. The third-order valence-electron chi connectivity index (χ3n) is 3.36. The highest BCUT2D eigenvalue weighted by molar-refractivity contribution is 6.30. The number of rotatable bonds is 6.